The molecule has 0 unspecified atom stereocenters. The van der Waals surface area contributed by atoms with Gasteiger partial charge in [0, 0.05) is 16.1 Å². The summed E-state index contributed by atoms with van der Waals surface area (Å²) in [6, 6.07) is 12.5. The second-order valence-corrected chi connectivity index (χ2v) is 5.14. The third kappa shape index (κ3) is 3.85. The highest BCUT2D eigenvalue weighted by atomic mass is 79.9. The Morgan fingerprint density at radius 2 is 1.95 bits per heavy atom. The van der Waals surface area contributed by atoms with E-state index in [1.165, 1.54) is 6.21 Å². The summed E-state index contributed by atoms with van der Waals surface area (Å²) < 4.78 is 11.1. The molecule has 0 saturated heterocycles. The van der Waals surface area contributed by atoms with Gasteiger partial charge >= 0.3 is 0 Å². The van der Waals surface area contributed by atoms with E-state index < -0.39 is 0 Å². The zero-order valence-corrected chi connectivity index (χ0v) is 13.8. The summed E-state index contributed by atoms with van der Waals surface area (Å²) in [5.74, 6) is 1.00. The first kappa shape index (κ1) is 16.0. The van der Waals surface area contributed by atoms with Gasteiger partial charge in [-0.1, -0.05) is 12.1 Å². The first-order valence-corrected chi connectivity index (χ1v) is 7.25. The summed E-state index contributed by atoms with van der Waals surface area (Å²) in [5.41, 5.74) is 3.73. The van der Waals surface area contributed by atoms with Crippen molar-refractivity contribution in [2.45, 2.75) is 0 Å². The van der Waals surface area contributed by atoms with E-state index in [9.17, 15) is 4.79 Å². The predicted octanol–water partition coefficient (Wildman–Crippen LogP) is 3.23. The summed E-state index contributed by atoms with van der Waals surface area (Å²) in [4.78, 5) is 12.0. The van der Waals surface area contributed by atoms with Crippen molar-refractivity contribution < 1.29 is 14.3 Å². The molecule has 0 aliphatic rings. The number of ether oxygens (including phenoxy) is 2. The number of hydrazone groups is 1. The number of halogens is 1. The van der Waals surface area contributed by atoms with Crippen molar-refractivity contribution in [2.24, 2.45) is 5.10 Å². The lowest BCUT2D eigenvalue weighted by atomic mass is 10.2. The van der Waals surface area contributed by atoms with E-state index >= 15 is 0 Å². The first-order valence-electron chi connectivity index (χ1n) is 6.45. The molecular weight excluding hydrogens is 348 g/mol. The molecule has 0 spiro atoms. The van der Waals surface area contributed by atoms with Crippen molar-refractivity contribution >= 4 is 28.1 Å². The highest BCUT2D eigenvalue weighted by Gasteiger charge is 2.08. The second kappa shape index (κ2) is 7.61. The summed E-state index contributed by atoms with van der Waals surface area (Å²) >= 11 is 3.33. The Morgan fingerprint density at radius 1 is 1.18 bits per heavy atom. The average Bonchev–Trinajstić information content (AvgIpc) is 2.55. The molecule has 2 aromatic rings. The molecule has 0 aliphatic heterocycles. The van der Waals surface area contributed by atoms with Gasteiger partial charge in [-0.05, 0) is 40.2 Å². The standard InChI is InChI=1S/C16H15BrN2O3/c1-21-12-8-7-11(15(9-12)22-2)10-18-19-16(20)13-5-3-4-6-14(13)17/h3-10H,1-2H3,(H,19,20). The van der Waals surface area contributed by atoms with Crippen LogP contribution in [0, 0.1) is 0 Å². The molecule has 6 heteroatoms. The Balaban J connectivity index is 2.10. The second-order valence-electron chi connectivity index (χ2n) is 4.29. The Labute approximate surface area is 137 Å². The number of benzene rings is 2. The van der Waals surface area contributed by atoms with Gasteiger partial charge in [0.1, 0.15) is 11.5 Å². The zero-order valence-electron chi connectivity index (χ0n) is 12.2. The van der Waals surface area contributed by atoms with E-state index in [-0.39, 0.29) is 5.91 Å². The Hall–Kier alpha value is -2.34. The quantitative estimate of drug-likeness (QED) is 0.656. The molecule has 0 aliphatic carbocycles. The maximum atomic E-state index is 12.0. The molecule has 5 nitrogen and oxygen atoms in total. The van der Waals surface area contributed by atoms with Crippen molar-refractivity contribution in [3.05, 3.63) is 58.1 Å². The largest absolute Gasteiger partial charge is 0.497 e. The minimum atomic E-state index is -0.295. The van der Waals surface area contributed by atoms with E-state index in [0.717, 1.165) is 5.56 Å². The molecule has 0 heterocycles. The minimum Gasteiger partial charge on any atom is -0.497 e. The lowest BCUT2D eigenvalue weighted by molar-refractivity contribution is 0.0954. The maximum absolute atomic E-state index is 12.0. The molecule has 1 amide bonds. The van der Waals surface area contributed by atoms with Gasteiger partial charge in [0.2, 0.25) is 0 Å². The topological polar surface area (TPSA) is 59.9 Å². The monoisotopic (exact) mass is 362 g/mol. The number of nitrogens with one attached hydrogen (secondary N) is 1. The summed E-state index contributed by atoms with van der Waals surface area (Å²) in [7, 11) is 3.15. The van der Waals surface area contributed by atoms with Crippen LogP contribution in [0.1, 0.15) is 15.9 Å². The van der Waals surface area contributed by atoms with Crippen LogP contribution < -0.4 is 14.9 Å². The summed E-state index contributed by atoms with van der Waals surface area (Å²) in [5, 5.41) is 3.96. The van der Waals surface area contributed by atoms with Crippen molar-refractivity contribution in [2.75, 3.05) is 14.2 Å². The van der Waals surface area contributed by atoms with Crippen LogP contribution >= 0.6 is 15.9 Å². The molecular formula is C16H15BrN2O3. The van der Waals surface area contributed by atoms with E-state index in [2.05, 4.69) is 26.5 Å². The number of rotatable bonds is 5. The van der Waals surface area contributed by atoms with Crippen LogP contribution in [-0.2, 0) is 0 Å². The fourth-order valence-corrected chi connectivity index (χ4v) is 2.26. The number of carbonyl (C=O) groups is 1. The number of nitrogens with zero attached hydrogens (tertiary/aromatic N) is 1. The van der Waals surface area contributed by atoms with Gasteiger partial charge in [0.25, 0.3) is 5.91 Å². The molecule has 0 fully saturated rings. The molecule has 0 saturated carbocycles. The fraction of sp³-hybridized carbons (Fsp3) is 0.125. The average molecular weight is 363 g/mol. The molecule has 0 radical (unpaired) electrons. The van der Waals surface area contributed by atoms with Crippen LogP contribution in [0.25, 0.3) is 0 Å². The Bertz CT molecular complexity index is 702. The van der Waals surface area contributed by atoms with Crippen LogP contribution in [0.2, 0.25) is 0 Å². The van der Waals surface area contributed by atoms with E-state index in [1.54, 1.807) is 50.6 Å². The van der Waals surface area contributed by atoms with Crippen molar-refractivity contribution in [1.82, 2.24) is 5.43 Å². The number of hydrogen-bond acceptors (Lipinski definition) is 4. The van der Waals surface area contributed by atoms with Crippen LogP contribution in [0.5, 0.6) is 11.5 Å². The summed E-state index contributed by atoms with van der Waals surface area (Å²) in [6.07, 6.45) is 1.52. The van der Waals surface area contributed by atoms with Gasteiger partial charge in [-0.15, -0.1) is 0 Å². The highest BCUT2D eigenvalue weighted by Crippen LogP contribution is 2.23. The number of methoxy groups -OCH3 is 2. The molecule has 2 rings (SSSR count). The van der Waals surface area contributed by atoms with E-state index in [1.807, 2.05) is 6.07 Å². The Morgan fingerprint density at radius 3 is 2.64 bits per heavy atom. The van der Waals surface area contributed by atoms with Crippen LogP contribution in [0.15, 0.2) is 52.0 Å². The lowest BCUT2D eigenvalue weighted by Gasteiger charge is -2.07. The van der Waals surface area contributed by atoms with E-state index in [0.29, 0.717) is 21.5 Å². The lowest BCUT2D eigenvalue weighted by Crippen LogP contribution is -2.18. The first-order chi connectivity index (χ1) is 10.7. The molecule has 0 atom stereocenters. The van der Waals surface area contributed by atoms with Gasteiger partial charge in [-0.25, -0.2) is 5.43 Å². The van der Waals surface area contributed by atoms with Gasteiger partial charge in [-0.2, -0.15) is 5.10 Å². The van der Waals surface area contributed by atoms with Crippen LogP contribution in [0.4, 0.5) is 0 Å². The van der Waals surface area contributed by atoms with Crippen molar-refractivity contribution in [3.8, 4) is 11.5 Å². The molecule has 0 aromatic heterocycles. The minimum absolute atomic E-state index is 0.295. The van der Waals surface area contributed by atoms with E-state index in [4.69, 9.17) is 9.47 Å². The van der Waals surface area contributed by atoms with Gasteiger partial charge in [0.05, 0.1) is 26.0 Å². The van der Waals surface area contributed by atoms with Crippen molar-refractivity contribution in [1.29, 1.82) is 0 Å². The maximum Gasteiger partial charge on any atom is 0.272 e. The number of amides is 1. The SMILES string of the molecule is COc1ccc(C=NNC(=O)c2ccccc2Br)c(OC)c1. The van der Waals surface area contributed by atoms with Crippen LogP contribution in [0.3, 0.4) is 0 Å². The molecule has 0 bridgehead atoms. The molecule has 22 heavy (non-hydrogen) atoms. The highest BCUT2D eigenvalue weighted by molar-refractivity contribution is 9.10. The van der Waals surface area contributed by atoms with Gasteiger partial charge < -0.3 is 9.47 Å². The summed E-state index contributed by atoms with van der Waals surface area (Å²) in [6.45, 7) is 0. The third-order valence-electron chi connectivity index (χ3n) is 2.93. The number of hydrogen-bond donors (Lipinski definition) is 1. The normalized spacial score (nSPS) is 10.5. The van der Waals surface area contributed by atoms with Gasteiger partial charge in [-0.3, -0.25) is 4.79 Å². The fourth-order valence-electron chi connectivity index (χ4n) is 1.79. The third-order valence-corrected chi connectivity index (χ3v) is 3.62. The smallest absolute Gasteiger partial charge is 0.272 e. The predicted molar refractivity (Wildman–Crippen MR) is 88.7 cm³/mol. The Kier molecular flexibility index (Phi) is 5.55. The molecule has 1 N–H and O–H groups in total. The van der Waals surface area contributed by atoms with Gasteiger partial charge in [0.15, 0.2) is 0 Å². The molecule has 114 valence electrons. The number of carbonyl (C=O) groups excluding carboxylic acids is 1. The molecule has 2 aromatic carbocycles. The van der Waals surface area contributed by atoms with Crippen molar-refractivity contribution in [3.63, 3.8) is 0 Å². The van der Waals surface area contributed by atoms with Crippen LogP contribution in [-0.4, -0.2) is 26.3 Å². The zero-order chi connectivity index (χ0) is 15.9.